The van der Waals surface area contributed by atoms with Crippen LogP contribution in [-0.4, -0.2) is 92.6 Å². The van der Waals surface area contributed by atoms with Gasteiger partial charge in [0.05, 0.1) is 19.8 Å². The number of carbonyl (C=O) groups is 2. The molecule has 2 amide bonds. The van der Waals surface area contributed by atoms with Gasteiger partial charge in [-0.3, -0.25) is 4.99 Å². The molecule has 0 atom stereocenters. The molecular formula is C19H37N5O5. The summed E-state index contributed by atoms with van der Waals surface area (Å²) in [6.07, 6.45) is 0.869. The summed E-state index contributed by atoms with van der Waals surface area (Å²) in [5.41, 5.74) is 5.42. The molecule has 1 aliphatic rings. The van der Waals surface area contributed by atoms with E-state index < -0.39 is 11.7 Å². The summed E-state index contributed by atoms with van der Waals surface area (Å²) >= 11 is 0. The molecule has 0 spiro atoms. The second-order valence-electron chi connectivity index (χ2n) is 7.83. The summed E-state index contributed by atoms with van der Waals surface area (Å²) in [7, 11) is 1.58. The molecule has 29 heavy (non-hydrogen) atoms. The van der Waals surface area contributed by atoms with E-state index in [9.17, 15) is 9.59 Å². The number of amides is 2. The number of carbonyl (C=O) groups excluding carboxylic acids is 2. The van der Waals surface area contributed by atoms with Crippen molar-refractivity contribution in [3.63, 3.8) is 0 Å². The highest BCUT2D eigenvalue weighted by atomic mass is 16.6. The SMILES string of the molecule is CCOC(=O)N1CCC(NC(N)=NCCN(CCOC)C(=O)OC(C)(C)C)CC1. The van der Waals surface area contributed by atoms with Crippen LogP contribution in [0.4, 0.5) is 9.59 Å². The zero-order valence-corrected chi connectivity index (χ0v) is 18.4. The molecule has 0 unspecified atom stereocenters. The molecule has 1 fully saturated rings. The fraction of sp³-hybridized carbons (Fsp3) is 0.842. The van der Waals surface area contributed by atoms with Crippen molar-refractivity contribution >= 4 is 18.1 Å². The maximum Gasteiger partial charge on any atom is 0.410 e. The van der Waals surface area contributed by atoms with Crippen LogP contribution in [0.3, 0.4) is 0 Å². The summed E-state index contributed by atoms with van der Waals surface area (Å²) < 4.78 is 15.5. The van der Waals surface area contributed by atoms with Crippen LogP contribution < -0.4 is 11.1 Å². The number of methoxy groups -OCH3 is 1. The molecule has 1 aliphatic heterocycles. The Kier molecular flexibility index (Phi) is 10.6. The van der Waals surface area contributed by atoms with E-state index in [2.05, 4.69) is 10.3 Å². The average molecular weight is 416 g/mol. The second-order valence-corrected chi connectivity index (χ2v) is 7.83. The zero-order valence-electron chi connectivity index (χ0n) is 18.4. The van der Waals surface area contributed by atoms with Crippen LogP contribution in [0, 0.1) is 0 Å². The molecule has 1 saturated heterocycles. The molecule has 0 aliphatic carbocycles. The summed E-state index contributed by atoms with van der Waals surface area (Å²) in [4.78, 5) is 31.6. The number of piperidine rings is 1. The first-order valence-corrected chi connectivity index (χ1v) is 10.1. The Labute approximate surface area is 173 Å². The first kappa shape index (κ1) is 24.8. The van der Waals surface area contributed by atoms with Gasteiger partial charge in [-0.15, -0.1) is 0 Å². The summed E-state index contributed by atoms with van der Waals surface area (Å²) in [5, 5.41) is 3.18. The lowest BCUT2D eigenvalue weighted by Gasteiger charge is -2.31. The summed E-state index contributed by atoms with van der Waals surface area (Å²) in [5.74, 6) is 0.329. The van der Waals surface area contributed by atoms with Crippen LogP contribution in [0.15, 0.2) is 4.99 Å². The number of aliphatic imine (C=N–C) groups is 1. The molecule has 3 N–H and O–H groups in total. The van der Waals surface area contributed by atoms with Gasteiger partial charge in [-0.05, 0) is 40.5 Å². The van der Waals surface area contributed by atoms with Crippen molar-refractivity contribution in [2.24, 2.45) is 10.7 Å². The minimum absolute atomic E-state index is 0.153. The molecule has 10 nitrogen and oxygen atoms in total. The third kappa shape index (κ3) is 10.2. The number of nitrogens with two attached hydrogens (primary N) is 1. The van der Waals surface area contributed by atoms with E-state index in [1.165, 1.54) is 0 Å². The van der Waals surface area contributed by atoms with Gasteiger partial charge in [0.25, 0.3) is 0 Å². The van der Waals surface area contributed by atoms with E-state index in [0.29, 0.717) is 51.9 Å². The van der Waals surface area contributed by atoms with E-state index in [1.54, 1.807) is 23.8 Å². The minimum Gasteiger partial charge on any atom is -0.450 e. The van der Waals surface area contributed by atoms with Crippen LogP contribution in [0.2, 0.25) is 0 Å². The van der Waals surface area contributed by atoms with Gasteiger partial charge >= 0.3 is 12.2 Å². The van der Waals surface area contributed by atoms with Gasteiger partial charge in [-0.2, -0.15) is 0 Å². The standard InChI is InChI=1S/C19H37N5O5/c1-6-28-17(25)23-10-7-15(8-11-23)22-16(20)21-9-12-24(13-14-27-5)18(26)29-19(2,3)4/h15H,6-14H2,1-5H3,(H3,20,21,22). The first-order chi connectivity index (χ1) is 13.7. The van der Waals surface area contributed by atoms with Crippen LogP contribution in [-0.2, 0) is 14.2 Å². The van der Waals surface area contributed by atoms with Crippen LogP contribution in [0.25, 0.3) is 0 Å². The van der Waals surface area contributed by atoms with Crippen molar-refractivity contribution in [3.8, 4) is 0 Å². The molecule has 0 radical (unpaired) electrons. The van der Waals surface area contributed by atoms with Gasteiger partial charge in [0.1, 0.15) is 5.60 Å². The van der Waals surface area contributed by atoms with Gasteiger partial charge in [0, 0.05) is 39.3 Å². The molecule has 0 aromatic rings. The number of nitrogens with one attached hydrogen (secondary N) is 1. The molecule has 0 saturated carbocycles. The first-order valence-electron chi connectivity index (χ1n) is 10.1. The van der Waals surface area contributed by atoms with E-state index in [4.69, 9.17) is 19.9 Å². The van der Waals surface area contributed by atoms with Crippen molar-refractivity contribution in [3.05, 3.63) is 0 Å². The molecule has 0 aromatic heterocycles. The second kappa shape index (κ2) is 12.4. The van der Waals surface area contributed by atoms with Crippen molar-refractivity contribution in [2.45, 2.75) is 52.2 Å². The predicted octanol–water partition coefficient (Wildman–Crippen LogP) is 1.40. The van der Waals surface area contributed by atoms with Gasteiger partial charge in [0.2, 0.25) is 0 Å². The van der Waals surface area contributed by atoms with E-state index in [-0.39, 0.29) is 12.1 Å². The number of rotatable bonds is 8. The fourth-order valence-electron chi connectivity index (χ4n) is 2.79. The molecule has 168 valence electrons. The maximum absolute atomic E-state index is 12.3. The molecule has 0 bridgehead atoms. The quantitative estimate of drug-likeness (QED) is 0.454. The number of nitrogens with zero attached hydrogens (tertiary/aromatic N) is 3. The van der Waals surface area contributed by atoms with Gasteiger partial charge in [0.15, 0.2) is 5.96 Å². The Morgan fingerprint density at radius 3 is 2.45 bits per heavy atom. The van der Waals surface area contributed by atoms with Crippen LogP contribution >= 0.6 is 0 Å². The minimum atomic E-state index is -0.565. The maximum atomic E-state index is 12.3. The summed E-state index contributed by atoms with van der Waals surface area (Å²) in [6.45, 7) is 10.4. The van der Waals surface area contributed by atoms with Crippen LogP contribution in [0.5, 0.6) is 0 Å². The third-order valence-corrected chi connectivity index (χ3v) is 4.24. The molecular weight excluding hydrogens is 378 g/mol. The Morgan fingerprint density at radius 1 is 1.24 bits per heavy atom. The third-order valence-electron chi connectivity index (χ3n) is 4.24. The Balaban J connectivity index is 2.44. The summed E-state index contributed by atoms with van der Waals surface area (Å²) in [6, 6.07) is 0.153. The number of guanidine groups is 1. The smallest absolute Gasteiger partial charge is 0.410 e. The van der Waals surface area contributed by atoms with Crippen molar-refractivity contribution in [1.29, 1.82) is 0 Å². The average Bonchev–Trinajstić information content (AvgIpc) is 2.63. The number of likely N-dealkylation sites (tertiary alicyclic amines) is 1. The number of hydrogen-bond acceptors (Lipinski definition) is 6. The van der Waals surface area contributed by atoms with E-state index in [0.717, 1.165) is 12.8 Å². The molecule has 1 rings (SSSR count). The fourth-order valence-corrected chi connectivity index (χ4v) is 2.79. The predicted molar refractivity (Wildman–Crippen MR) is 111 cm³/mol. The highest BCUT2D eigenvalue weighted by Crippen LogP contribution is 2.12. The largest absolute Gasteiger partial charge is 0.450 e. The number of hydrogen-bond donors (Lipinski definition) is 2. The van der Waals surface area contributed by atoms with Gasteiger partial charge in [-0.1, -0.05) is 0 Å². The highest BCUT2D eigenvalue weighted by Gasteiger charge is 2.24. The van der Waals surface area contributed by atoms with Gasteiger partial charge in [-0.25, -0.2) is 9.59 Å². The highest BCUT2D eigenvalue weighted by molar-refractivity contribution is 5.78. The lowest BCUT2D eigenvalue weighted by atomic mass is 10.1. The van der Waals surface area contributed by atoms with Gasteiger partial charge < -0.3 is 35.1 Å². The molecule has 10 heteroatoms. The topological polar surface area (TPSA) is 119 Å². The van der Waals surface area contributed by atoms with Crippen LogP contribution in [0.1, 0.15) is 40.5 Å². The lowest BCUT2D eigenvalue weighted by Crippen LogP contribution is -2.48. The monoisotopic (exact) mass is 415 g/mol. The Morgan fingerprint density at radius 2 is 1.90 bits per heavy atom. The van der Waals surface area contributed by atoms with E-state index >= 15 is 0 Å². The normalized spacial score (nSPS) is 15.8. The molecule has 1 heterocycles. The van der Waals surface area contributed by atoms with E-state index in [1.807, 2.05) is 20.8 Å². The lowest BCUT2D eigenvalue weighted by molar-refractivity contribution is 0.0208. The van der Waals surface area contributed by atoms with Crippen molar-refractivity contribution in [1.82, 2.24) is 15.1 Å². The molecule has 0 aromatic carbocycles. The zero-order chi connectivity index (χ0) is 21.9. The van der Waals surface area contributed by atoms with Crippen molar-refractivity contribution in [2.75, 3.05) is 53.0 Å². The Hall–Kier alpha value is -2.23. The Bertz CT molecular complexity index is 542. The number of ether oxygens (including phenoxy) is 3. The van der Waals surface area contributed by atoms with Crippen molar-refractivity contribution < 1.29 is 23.8 Å².